The minimum atomic E-state index is 0.145. The quantitative estimate of drug-likeness (QED) is 0.759. The van der Waals surface area contributed by atoms with Gasteiger partial charge in [0.2, 0.25) is 0 Å². The predicted octanol–water partition coefficient (Wildman–Crippen LogP) is 4.50. The lowest BCUT2D eigenvalue weighted by molar-refractivity contribution is 0.404. The largest absolute Gasteiger partial charge is 0.496 e. The third kappa shape index (κ3) is 1.80. The molecule has 3 nitrogen and oxygen atoms in total. The molecule has 0 saturated heterocycles. The molecule has 0 aliphatic heterocycles. The molecule has 106 valence electrons. The smallest absolute Gasteiger partial charge is 0.126 e. The van der Waals surface area contributed by atoms with Crippen molar-refractivity contribution in [2.45, 2.75) is 45.4 Å². The summed E-state index contributed by atoms with van der Waals surface area (Å²) in [6.45, 7) is 4.58. The molecule has 2 aliphatic rings. The fraction of sp³-hybridized carbons (Fsp3) is 0.529. The van der Waals surface area contributed by atoms with Crippen LogP contribution in [0.3, 0.4) is 0 Å². The first-order valence-electron chi connectivity index (χ1n) is 7.38. The van der Waals surface area contributed by atoms with Crippen LogP contribution < -0.4 is 4.74 Å². The number of aryl methyl sites for hydroxylation is 2. The molecule has 0 amide bonds. The average molecular weight is 271 g/mol. The van der Waals surface area contributed by atoms with E-state index in [1.54, 1.807) is 7.11 Å². The number of hydrogen-bond acceptors (Lipinski definition) is 3. The molecular weight excluding hydrogens is 250 g/mol. The van der Waals surface area contributed by atoms with E-state index < -0.39 is 0 Å². The van der Waals surface area contributed by atoms with E-state index in [-0.39, 0.29) is 5.92 Å². The van der Waals surface area contributed by atoms with Gasteiger partial charge in [0.25, 0.3) is 0 Å². The average Bonchev–Trinajstić information content (AvgIpc) is 2.75. The third-order valence-corrected chi connectivity index (χ3v) is 4.74. The summed E-state index contributed by atoms with van der Waals surface area (Å²) in [5, 5.41) is 3.20. The van der Waals surface area contributed by atoms with E-state index >= 15 is 0 Å². The van der Waals surface area contributed by atoms with E-state index in [1.807, 2.05) is 0 Å². The highest BCUT2D eigenvalue weighted by atomic mass is 16.5. The minimum Gasteiger partial charge on any atom is -0.496 e. The Morgan fingerprint density at radius 2 is 2.00 bits per heavy atom. The lowest BCUT2D eigenvalue weighted by Crippen LogP contribution is -2.07. The van der Waals surface area contributed by atoms with Gasteiger partial charge in [-0.15, -0.1) is 0 Å². The fourth-order valence-electron chi connectivity index (χ4n) is 4.05. The number of rotatable bonds is 3. The van der Waals surface area contributed by atoms with Crippen molar-refractivity contribution in [3.05, 3.63) is 38.8 Å². The normalized spacial score (nSPS) is 20.6. The van der Waals surface area contributed by atoms with Crippen molar-refractivity contribution < 1.29 is 4.74 Å². The molecule has 0 saturated carbocycles. The Morgan fingerprint density at radius 3 is 2.70 bits per heavy atom. The summed E-state index contributed by atoms with van der Waals surface area (Å²) in [6.07, 6.45) is 4.70. The number of nitrogens with zero attached hydrogens (tertiary/aromatic N) is 1. The van der Waals surface area contributed by atoms with E-state index in [4.69, 9.17) is 4.74 Å². The van der Waals surface area contributed by atoms with E-state index in [0.29, 0.717) is 6.54 Å². The SMILES string of the molecule is COc1c(C)cc(C)c2c1C(CN=O)C1=C2CCCC1. The van der Waals surface area contributed by atoms with Gasteiger partial charge < -0.3 is 4.74 Å². The van der Waals surface area contributed by atoms with E-state index in [1.165, 1.54) is 40.7 Å². The molecule has 1 unspecified atom stereocenters. The summed E-state index contributed by atoms with van der Waals surface area (Å²) in [5.41, 5.74) is 7.93. The molecular formula is C17H21NO2. The summed E-state index contributed by atoms with van der Waals surface area (Å²) in [5.74, 6) is 1.10. The molecule has 1 atom stereocenters. The molecule has 0 bridgehead atoms. The molecule has 3 heteroatoms. The Bertz CT molecular complexity index is 601. The monoisotopic (exact) mass is 271 g/mol. The molecule has 0 N–H and O–H groups in total. The second-order valence-electron chi connectivity index (χ2n) is 5.91. The van der Waals surface area contributed by atoms with Gasteiger partial charge >= 0.3 is 0 Å². The van der Waals surface area contributed by atoms with Crippen LogP contribution in [0.4, 0.5) is 0 Å². The standard InChI is InChI=1S/C17H21NO2/c1-10-8-11(2)17(20-3)16-14(9-18-19)12-6-4-5-7-13(12)15(10)16/h8,14H,4-7,9H2,1-3H3. The number of ether oxygens (including phenoxy) is 1. The van der Waals surface area contributed by atoms with Crippen LogP contribution in [0.1, 0.15) is 53.9 Å². The van der Waals surface area contributed by atoms with Crippen molar-refractivity contribution in [1.29, 1.82) is 0 Å². The highest BCUT2D eigenvalue weighted by Crippen LogP contribution is 2.53. The number of allylic oxidation sites excluding steroid dienone is 1. The van der Waals surface area contributed by atoms with Gasteiger partial charge in [-0.1, -0.05) is 16.8 Å². The van der Waals surface area contributed by atoms with Crippen molar-refractivity contribution in [3.8, 4) is 5.75 Å². The number of hydrogen-bond donors (Lipinski definition) is 0. The molecule has 0 spiro atoms. The van der Waals surface area contributed by atoms with Crippen molar-refractivity contribution in [2.75, 3.05) is 13.7 Å². The zero-order valence-corrected chi connectivity index (χ0v) is 12.5. The number of methoxy groups -OCH3 is 1. The van der Waals surface area contributed by atoms with Gasteiger partial charge in [0.15, 0.2) is 0 Å². The Kier molecular flexibility index (Phi) is 3.36. The van der Waals surface area contributed by atoms with Crippen LogP contribution in [0.25, 0.3) is 5.57 Å². The number of benzene rings is 1. The van der Waals surface area contributed by atoms with Gasteiger partial charge in [0.1, 0.15) is 5.75 Å². The second kappa shape index (κ2) is 5.04. The maximum Gasteiger partial charge on any atom is 0.126 e. The number of fused-ring (bicyclic) bond motifs is 2. The predicted molar refractivity (Wildman–Crippen MR) is 81.3 cm³/mol. The van der Waals surface area contributed by atoms with Gasteiger partial charge in [-0.25, -0.2) is 0 Å². The Balaban J connectivity index is 2.26. The van der Waals surface area contributed by atoms with Crippen molar-refractivity contribution >= 4 is 5.57 Å². The van der Waals surface area contributed by atoms with E-state index in [2.05, 4.69) is 25.1 Å². The van der Waals surface area contributed by atoms with Gasteiger partial charge in [0, 0.05) is 11.5 Å². The minimum absolute atomic E-state index is 0.145. The maximum atomic E-state index is 10.9. The molecule has 0 heterocycles. The first-order valence-corrected chi connectivity index (χ1v) is 7.38. The molecule has 2 aliphatic carbocycles. The summed E-state index contributed by atoms with van der Waals surface area (Å²) in [4.78, 5) is 10.9. The van der Waals surface area contributed by atoms with Crippen LogP contribution in [0.5, 0.6) is 5.75 Å². The molecule has 0 fully saturated rings. The van der Waals surface area contributed by atoms with E-state index in [9.17, 15) is 4.91 Å². The zero-order chi connectivity index (χ0) is 14.3. The first kappa shape index (κ1) is 13.3. The molecule has 20 heavy (non-hydrogen) atoms. The topological polar surface area (TPSA) is 38.7 Å². The Hall–Kier alpha value is -1.64. The van der Waals surface area contributed by atoms with Crippen molar-refractivity contribution in [1.82, 2.24) is 0 Å². The molecule has 1 aromatic carbocycles. The summed E-state index contributed by atoms with van der Waals surface area (Å²) < 4.78 is 5.66. The van der Waals surface area contributed by atoms with Crippen molar-refractivity contribution in [3.63, 3.8) is 0 Å². The fourth-order valence-corrected chi connectivity index (χ4v) is 4.05. The summed E-state index contributed by atoms with van der Waals surface area (Å²) >= 11 is 0. The molecule has 1 aromatic rings. The molecule has 0 radical (unpaired) electrons. The first-order chi connectivity index (χ1) is 9.69. The summed E-state index contributed by atoms with van der Waals surface area (Å²) in [7, 11) is 1.72. The zero-order valence-electron chi connectivity index (χ0n) is 12.5. The summed E-state index contributed by atoms with van der Waals surface area (Å²) in [6, 6.07) is 2.20. The second-order valence-corrected chi connectivity index (χ2v) is 5.91. The van der Waals surface area contributed by atoms with Gasteiger partial charge in [-0.05, 0) is 61.8 Å². The molecule has 0 aromatic heterocycles. The lowest BCUT2D eigenvalue weighted by atomic mass is 9.87. The van der Waals surface area contributed by atoms with Crippen molar-refractivity contribution in [2.24, 2.45) is 5.18 Å². The van der Waals surface area contributed by atoms with Crippen LogP contribution in [-0.2, 0) is 0 Å². The highest BCUT2D eigenvalue weighted by Gasteiger charge is 2.36. The third-order valence-electron chi connectivity index (χ3n) is 4.74. The van der Waals surface area contributed by atoms with Gasteiger partial charge in [0.05, 0.1) is 13.7 Å². The highest BCUT2D eigenvalue weighted by molar-refractivity contribution is 5.83. The van der Waals surface area contributed by atoms with Gasteiger partial charge in [-0.2, -0.15) is 4.91 Å². The Morgan fingerprint density at radius 1 is 1.25 bits per heavy atom. The van der Waals surface area contributed by atoms with Gasteiger partial charge in [-0.3, -0.25) is 0 Å². The van der Waals surface area contributed by atoms with Crippen LogP contribution in [-0.4, -0.2) is 13.7 Å². The molecule has 3 rings (SSSR count). The lowest BCUT2D eigenvalue weighted by Gasteiger charge is -2.19. The Labute approximate surface area is 120 Å². The van der Waals surface area contributed by atoms with E-state index in [0.717, 1.165) is 24.2 Å². The van der Waals surface area contributed by atoms with Crippen LogP contribution in [0.15, 0.2) is 16.8 Å². The van der Waals surface area contributed by atoms with Crippen LogP contribution in [0, 0.1) is 18.8 Å². The van der Waals surface area contributed by atoms with Crippen LogP contribution >= 0.6 is 0 Å². The number of nitroso groups, excluding NO2 is 1. The van der Waals surface area contributed by atoms with Crippen LogP contribution in [0.2, 0.25) is 0 Å². The maximum absolute atomic E-state index is 10.9.